The van der Waals surface area contributed by atoms with Crippen molar-refractivity contribution < 1.29 is 9.53 Å². The summed E-state index contributed by atoms with van der Waals surface area (Å²) in [5.74, 6) is -0.323. The molecule has 0 amide bonds. The van der Waals surface area contributed by atoms with Crippen LogP contribution in [0.5, 0.6) is 0 Å². The minimum absolute atomic E-state index is 0.323. The second-order valence-electron chi connectivity index (χ2n) is 8.50. The maximum absolute atomic E-state index is 12.4. The van der Waals surface area contributed by atoms with Crippen molar-refractivity contribution in [2.45, 2.75) is 41.0 Å². The number of rotatable bonds is 3. The van der Waals surface area contributed by atoms with Crippen molar-refractivity contribution in [3.8, 4) is 0 Å². The van der Waals surface area contributed by atoms with Gasteiger partial charge in [-0.2, -0.15) is 0 Å². The van der Waals surface area contributed by atoms with Gasteiger partial charge in [0.2, 0.25) is 0 Å². The molecule has 1 aliphatic rings. The fourth-order valence-electron chi connectivity index (χ4n) is 4.70. The maximum Gasteiger partial charge on any atom is 0.331 e. The number of esters is 1. The minimum Gasteiger partial charge on any atom is -0.466 e. The van der Waals surface area contributed by atoms with Crippen LogP contribution < -0.4 is 0 Å². The van der Waals surface area contributed by atoms with Crippen molar-refractivity contribution in [1.82, 2.24) is 4.57 Å². The molecule has 0 unspecified atom stereocenters. The van der Waals surface area contributed by atoms with Crippen LogP contribution >= 0.6 is 0 Å². The number of aromatic nitrogens is 1. The number of hydrogen-bond acceptors (Lipinski definition) is 2. The number of carbonyl (C=O) groups is 1. The molecule has 154 valence electrons. The van der Waals surface area contributed by atoms with Gasteiger partial charge in [-0.1, -0.05) is 18.2 Å². The van der Waals surface area contributed by atoms with Gasteiger partial charge in [0.05, 0.1) is 12.6 Å². The molecule has 2 aromatic carbocycles. The predicted molar refractivity (Wildman–Crippen MR) is 125 cm³/mol. The van der Waals surface area contributed by atoms with Crippen molar-refractivity contribution in [2.75, 3.05) is 7.11 Å². The Morgan fingerprint density at radius 2 is 1.73 bits per heavy atom. The lowest BCUT2D eigenvalue weighted by molar-refractivity contribution is -0.134. The molecule has 1 aliphatic carbocycles. The number of methoxy groups -OCH3 is 1. The summed E-state index contributed by atoms with van der Waals surface area (Å²) in [5, 5.41) is 1.18. The van der Waals surface area contributed by atoms with E-state index < -0.39 is 0 Å². The Morgan fingerprint density at radius 3 is 2.43 bits per heavy atom. The topological polar surface area (TPSA) is 31.2 Å². The first-order valence-corrected chi connectivity index (χ1v) is 10.4. The lowest BCUT2D eigenvalue weighted by Gasteiger charge is -2.19. The van der Waals surface area contributed by atoms with E-state index in [1.165, 1.54) is 57.0 Å². The van der Waals surface area contributed by atoms with E-state index in [1.54, 1.807) is 6.08 Å². The number of fused-ring (bicyclic) bond motifs is 2. The van der Waals surface area contributed by atoms with Crippen molar-refractivity contribution in [1.29, 1.82) is 0 Å². The molecule has 4 rings (SSSR count). The molecule has 3 nitrogen and oxygen atoms in total. The highest BCUT2D eigenvalue weighted by Crippen LogP contribution is 2.41. The van der Waals surface area contributed by atoms with Gasteiger partial charge in [-0.05, 0) is 103 Å². The number of aryl methyl sites for hydroxylation is 4. The Kier molecular flexibility index (Phi) is 4.93. The molecule has 0 saturated heterocycles. The average molecular weight is 400 g/mol. The molecule has 1 aromatic heterocycles. The zero-order valence-electron chi connectivity index (χ0n) is 18.9. The first kappa shape index (κ1) is 20.2. The molecular formula is C27H29NO2. The van der Waals surface area contributed by atoms with Gasteiger partial charge in [-0.25, -0.2) is 4.79 Å². The molecule has 3 aromatic rings. The van der Waals surface area contributed by atoms with Crippen LogP contribution in [-0.4, -0.2) is 17.6 Å². The highest BCUT2D eigenvalue weighted by molar-refractivity contribution is 6.07. The third-order valence-corrected chi connectivity index (χ3v) is 6.74. The van der Waals surface area contributed by atoms with E-state index in [9.17, 15) is 4.79 Å². The highest BCUT2D eigenvalue weighted by atomic mass is 16.5. The molecule has 0 bridgehead atoms. The summed E-state index contributed by atoms with van der Waals surface area (Å²) in [6.07, 6.45) is 6.82. The molecule has 0 N–H and O–H groups in total. The highest BCUT2D eigenvalue weighted by Gasteiger charge is 2.24. The third kappa shape index (κ3) is 3.09. The van der Waals surface area contributed by atoms with E-state index in [-0.39, 0.29) is 5.97 Å². The zero-order valence-corrected chi connectivity index (χ0v) is 18.9. The summed E-state index contributed by atoms with van der Waals surface area (Å²) in [6, 6.07) is 6.68. The number of benzene rings is 2. The van der Waals surface area contributed by atoms with Crippen LogP contribution in [0.3, 0.4) is 0 Å². The fourth-order valence-corrected chi connectivity index (χ4v) is 4.70. The van der Waals surface area contributed by atoms with Crippen LogP contribution in [0, 0.1) is 34.6 Å². The quantitative estimate of drug-likeness (QED) is 0.404. The third-order valence-electron chi connectivity index (χ3n) is 6.74. The summed E-state index contributed by atoms with van der Waals surface area (Å²) in [6.45, 7) is 10.8. The van der Waals surface area contributed by atoms with Crippen LogP contribution in [0.4, 0.5) is 0 Å². The molecule has 0 aliphatic heterocycles. The molecule has 0 spiro atoms. The Morgan fingerprint density at radius 1 is 1.03 bits per heavy atom. The number of nitrogens with zero attached hydrogens (tertiary/aromatic N) is 1. The van der Waals surface area contributed by atoms with E-state index in [1.807, 2.05) is 0 Å². The van der Waals surface area contributed by atoms with Gasteiger partial charge in [-0.15, -0.1) is 0 Å². The largest absolute Gasteiger partial charge is 0.466 e. The second kappa shape index (κ2) is 7.32. The van der Waals surface area contributed by atoms with Gasteiger partial charge in [-0.3, -0.25) is 0 Å². The van der Waals surface area contributed by atoms with E-state index in [4.69, 9.17) is 4.74 Å². The summed E-state index contributed by atoms with van der Waals surface area (Å²) in [7, 11) is 3.51. The predicted octanol–water partition coefficient (Wildman–Crippen LogP) is 5.92. The number of allylic oxidation sites excluding steroid dienone is 2. The fraction of sp³-hybridized carbons (Fsp3) is 0.296. The van der Waals surface area contributed by atoms with Crippen molar-refractivity contribution in [3.63, 3.8) is 0 Å². The maximum atomic E-state index is 12.4. The normalized spacial score (nSPS) is 13.6. The molecular weight excluding hydrogens is 370 g/mol. The van der Waals surface area contributed by atoms with Gasteiger partial charge in [0.25, 0.3) is 0 Å². The van der Waals surface area contributed by atoms with E-state index >= 15 is 0 Å². The second-order valence-corrected chi connectivity index (χ2v) is 8.50. The molecule has 0 atom stereocenters. The summed E-state index contributed by atoms with van der Waals surface area (Å²) < 4.78 is 7.21. The van der Waals surface area contributed by atoms with E-state index in [2.05, 4.69) is 76.7 Å². The Bertz CT molecular complexity index is 1270. The number of carbonyl (C=O) groups excluding carboxylic acids is 1. The van der Waals surface area contributed by atoms with Gasteiger partial charge in [0.1, 0.15) is 0 Å². The van der Waals surface area contributed by atoms with E-state index in [0.29, 0.717) is 0 Å². The lowest BCUT2D eigenvalue weighted by atomic mass is 9.86. The van der Waals surface area contributed by atoms with Crippen LogP contribution in [0.25, 0.3) is 22.6 Å². The van der Waals surface area contributed by atoms with Crippen LogP contribution in [0.1, 0.15) is 44.5 Å². The number of ether oxygens (including phenoxy) is 1. The average Bonchev–Trinajstić information content (AvgIpc) is 3.29. The zero-order chi connectivity index (χ0) is 21.7. The Labute approximate surface area is 178 Å². The minimum atomic E-state index is -0.323. The molecule has 0 fully saturated rings. The van der Waals surface area contributed by atoms with Gasteiger partial charge < -0.3 is 9.30 Å². The monoisotopic (exact) mass is 399 g/mol. The molecule has 0 saturated carbocycles. The molecule has 0 radical (unpaired) electrons. The van der Waals surface area contributed by atoms with Crippen molar-refractivity contribution >= 4 is 28.5 Å². The number of hydrogen-bond donors (Lipinski definition) is 0. The van der Waals surface area contributed by atoms with E-state index in [0.717, 1.165) is 23.1 Å². The Balaban J connectivity index is 1.99. The molecule has 1 heterocycles. The standard InChI is InChI=1S/C27H29NO2/c1-15-10-20-12-22(13-21(20)11-16(15)2)24(14-25(29)30-7)26-18(4)17(3)19(5)27-23(26)8-9-28(27)6/h8-12,14H,13H2,1-7H3. The lowest BCUT2D eigenvalue weighted by Crippen LogP contribution is -2.04. The van der Waals surface area contributed by atoms with Gasteiger partial charge >= 0.3 is 5.97 Å². The Hall–Kier alpha value is -3.07. The van der Waals surface area contributed by atoms with Crippen LogP contribution in [0.15, 0.2) is 36.0 Å². The molecule has 30 heavy (non-hydrogen) atoms. The summed E-state index contributed by atoms with van der Waals surface area (Å²) >= 11 is 0. The van der Waals surface area contributed by atoms with Crippen LogP contribution in [0.2, 0.25) is 0 Å². The van der Waals surface area contributed by atoms with Crippen LogP contribution in [-0.2, 0) is 23.0 Å². The molecule has 3 heteroatoms. The summed E-state index contributed by atoms with van der Waals surface area (Å²) in [4.78, 5) is 12.4. The smallest absolute Gasteiger partial charge is 0.331 e. The van der Waals surface area contributed by atoms with Gasteiger partial charge in [0.15, 0.2) is 0 Å². The SMILES string of the molecule is COC(=O)C=C(C1=Cc2cc(C)c(C)cc2C1)c1c(C)c(C)c(C)c2c1ccn2C. The van der Waals surface area contributed by atoms with Crippen molar-refractivity contribution in [2.24, 2.45) is 7.05 Å². The summed E-state index contributed by atoms with van der Waals surface area (Å²) in [5.41, 5.74) is 13.4. The van der Waals surface area contributed by atoms with Crippen molar-refractivity contribution in [3.05, 3.63) is 80.6 Å². The van der Waals surface area contributed by atoms with Gasteiger partial charge in [0, 0.05) is 24.7 Å². The first-order valence-electron chi connectivity index (χ1n) is 10.4. The first-order chi connectivity index (χ1) is 14.2.